The van der Waals surface area contributed by atoms with Crippen molar-refractivity contribution in [1.82, 2.24) is 9.80 Å². The second-order valence-electron chi connectivity index (χ2n) is 4.89. The number of nitrogens with zero attached hydrogens (tertiary/aromatic N) is 2. The summed E-state index contributed by atoms with van der Waals surface area (Å²) < 4.78 is 5.23. The van der Waals surface area contributed by atoms with E-state index < -0.39 is 0 Å². The largest absolute Gasteiger partial charge is 0.381 e. The van der Waals surface area contributed by atoms with E-state index in [1.54, 1.807) is 0 Å². The van der Waals surface area contributed by atoms with Crippen molar-refractivity contribution < 1.29 is 4.74 Å². The predicted molar refractivity (Wildman–Crippen MR) is 60.8 cm³/mol. The van der Waals surface area contributed by atoms with Gasteiger partial charge in [0, 0.05) is 38.1 Å². The predicted octanol–water partition coefficient (Wildman–Crippen LogP) is -0.402. The van der Waals surface area contributed by atoms with Crippen LogP contribution in [0.25, 0.3) is 0 Å². The first-order chi connectivity index (χ1) is 7.29. The summed E-state index contributed by atoms with van der Waals surface area (Å²) in [6, 6.07) is 0.661. The van der Waals surface area contributed by atoms with Crippen LogP contribution in [0.5, 0.6) is 0 Å². The summed E-state index contributed by atoms with van der Waals surface area (Å²) >= 11 is 0. The normalized spacial score (nSPS) is 30.4. The minimum Gasteiger partial charge on any atom is -0.381 e. The zero-order valence-electron chi connectivity index (χ0n) is 9.69. The van der Waals surface area contributed by atoms with E-state index in [1.807, 2.05) is 0 Å². The Morgan fingerprint density at radius 1 is 1.33 bits per heavy atom. The molecule has 0 radical (unpaired) electrons. The molecule has 0 aliphatic carbocycles. The lowest BCUT2D eigenvalue weighted by molar-refractivity contribution is -0.0590. The zero-order chi connectivity index (χ0) is 10.7. The molecule has 0 saturated carbocycles. The molecule has 0 spiro atoms. The molecular formula is C11H23N3O. The summed E-state index contributed by atoms with van der Waals surface area (Å²) in [5.74, 6) is 0.772. The molecule has 88 valence electrons. The quantitative estimate of drug-likeness (QED) is 0.690. The number of hydrogen-bond acceptors (Lipinski definition) is 4. The summed E-state index contributed by atoms with van der Waals surface area (Å²) in [5.41, 5.74) is 5.67. The van der Waals surface area contributed by atoms with Crippen LogP contribution in [0.15, 0.2) is 0 Å². The minimum atomic E-state index is 0.661. The van der Waals surface area contributed by atoms with Crippen LogP contribution in [0.4, 0.5) is 0 Å². The van der Waals surface area contributed by atoms with Crippen molar-refractivity contribution in [3.05, 3.63) is 0 Å². The number of likely N-dealkylation sites (N-methyl/N-ethyl adjacent to an activating group) is 1. The fraction of sp³-hybridized carbons (Fsp3) is 1.00. The Morgan fingerprint density at radius 3 is 2.73 bits per heavy atom. The molecule has 2 heterocycles. The first kappa shape index (κ1) is 11.3. The van der Waals surface area contributed by atoms with Crippen molar-refractivity contribution in [2.45, 2.75) is 12.5 Å². The lowest BCUT2D eigenvalue weighted by atomic mass is 10.0. The summed E-state index contributed by atoms with van der Waals surface area (Å²) in [6.07, 6.45) is 1.12. The number of rotatable bonds is 4. The number of ether oxygens (including phenoxy) is 1. The maximum absolute atomic E-state index is 5.67. The van der Waals surface area contributed by atoms with Crippen molar-refractivity contribution in [3.63, 3.8) is 0 Å². The van der Waals surface area contributed by atoms with Gasteiger partial charge in [-0.15, -0.1) is 0 Å². The van der Waals surface area contributed by atoms with Crippen LogP contribution in [-0.4, -0.2) is 68.8 Å². The van der Waals surface area contributed by atoms with Gasteiger partial charge in [-0.2, -0.15) is 0 Å². The highest BCUT2D eigenvalue weighted by molar-refractivity contribution is 4.83. The maximum Gasteiger partial charge on any atom is 0.0528 e. The third-order valence-corrected chi connectivity index (χ3v) is 3.51. The van der Waals surface area contributed by atoms with Crippen LogP contribution in [0.3, 0.4) is 0 Å². The van der Waals surface area contributed by atoms with Crippen LogP contribution in [0, 0.1) is 5.92 Å². The number of piperazine rings is 1. The lowest BCUT2D eigenvalue weighted by Gasteiger charge is -2.43. The van der Waals surface area contributed by atoms with E-state index in [0.29, 0.717) is 6.04 Å². The molecule has 4 nitrogen and oxygen atoms in total. The first-order valence-electron chi connectivity index (χ1n) is 6.00. The van der Waals surface area contributed by atoms with Crippen LogP contribution in [0.2, 0.25) is 0 Å². The third-order valence-electron chi connectivity index (χ3n) is 3.51. The Morgan fingerprint density at radius 2 is 2.13 bits per heavy atom. The molecule has 0 aromatic carbocycles. The molecule has 2 rings (SSSR count). The zero-order valence-corrected chi connectivity index (χ0v) is 9.69. The fourth-order valence-electron chi connectivity index (χ4n) is 2.48. The lowest BCUT2D eigenvalue weighted by Crippen LogP contribution is -2.55. The molecule has 0 aromatic rings. The van der Waals surface area contributed by atoms with E-state index in [0.717, 1.165) is 32.1 Å². The van der Waals surface area contributed by atoms with Crippen LogP contribution >= 0.6 is 0 Å². The van der Waals surface area contributed by atoms with Gasteiger partial charge in [-0.05, 0) is 20.0 Å². The van der Waals surface area contributed by atoms with Gasteiger partial charge in [0.05, 0.1) is 13.2 Å². The molecule has 2 aliphatic rings. The van der Waals surface area contributed by atoms with Gasteiger partial charge < -0.3 is 15.4 Å². The Labute approximate surface area is 92.4 Å². The summed E-state index contributed by atoms with van der Waals surface area (Å²) in [4.78, 5) is 5.02. The Hall–Kier alpha value is -0.160. The minimum absolute atomic E-state index is 0.661. The van der Waals surface area contributed by atoms with E-state index in [9.17, 15) is 0 Å². The van der Waals surface area contributed by atoms with Crippen molar-refractivity contribution in [3.8, 4) is 0 Å². The van der Waals surface area contributed by atoms with Gasteiger partial charge in [0.25, 0.3) is 0 Å². The molecule has 15 heavy (non-hydrogen) atoms. The Balaban J connectivity index is 1.82. The molecule has 0 bridgehead atoms. The molecule has 1 atom stereocenters. The highest BCUT2D eigenvalue weighted by atomic mass is 16.5. The van der Waals surface area contributed by atoms with Gasteiger partial charge in [0.15, 0.2) is 0 Å². The highest BCUT2D eigenvalue weighted by Gasteiger charge is 2.29. The first-order valence-corrected chi connectivity index (χ1v) is 6.00. The summed E-state index contributed by atoms with van der Waals surface area (Å²) in [5, 5.41) is 0. The van der Waals surface area contributed by atoms with E-state index >= 15 is 0 Å². The molecule has 1 unspecified atom stereocenters. The topological polar surface area (TPSA) is 41.7 Å². The van der Waals surface area contributed by atoms with Crippen molar-refractivity contribution in [1.29, 1.82) is 0 Å². The van der Waals surface area contributed by atoms with E-state index in [1.165, 1.54) is 26.2 Å². The van der Waals surface area contributed by atoms with Crippen LogP contribution in [-0.2, 0) is 4.74 Å². The number of nitrogens with two attached hydrogens (primary N) is 1. The molecule has 2 saturated heterocycles. The van der Waals surface area contributed by atoms with Crippen molar-refractivity contribution in [2.75, 3.05) is 53.0 Å². The summed E-state index contributed by atoms with van der Waals surface area (Å²) in [6.45, 7) is 7.48. The second kappa shape index (κ2) is 5.25. The second-order valence-corrected chi connectivity index (χ2v) is 4.89. The van der Waals surface area contributed by atoms with Gasteiger partial charge in [0.2, 0.25) is 0 Å². The Kier molecular flexibility index (Phi) is 3.97. The van der Waals surface area contributed by atoms with Gasteiger partial charge in [-0.25, -0.2) is 0 Å². The molecule has 2 aliphatic heterocycles. The average Bonchev–Trinajstić information content (AvgIpc) is 2.14. The van der Waals surface area contributed by atoms with Crippen molar-refractivity contribution in [2.24, 2.45) is 11.7 Å². The molecule has 4 heteroatoms. The van der Waals surface area contributed by atoms with Gasteiger partial charge in [-0.3, -0.25) is 4.90 Å². The van der Waals surface area contributed by atoms with E-state index in [-0.39, 0.29) is 0 Å². The summed E-state index contributed by atoms with van der Waals surface area (Å²) in [7, 11) is 2.20. The smallest absolute Gasteiger partial charge is 0.0528 e. The van der Waals surface area contributed by atoms with Crippen molar-refractivity contribution >= 4 is 0 Å². The Bertz CT molecular complexity index is 196. The van der Waals surface area contributed by atoms with Crippen LogP contribution in [0.1, 0.15) is 6.42 Å². The highest BCUT2D eigenvalue weighted by Crippen LogP contribution is 2.17. The standard InChI is InChI=1S/C11H23N3O/c1-13-4-5-14(6-10-8-15-9-10)11(7-13)2-3-12/h10-11H,2-9,12H2,1H3. The van der Waals surface area contributed by atoms with Crippen LogP contribution < -0.4 is 5.73 Å². The molecule has 0 aromatic heterocycles. The number of hydrogen-bond donors (Lipinski definition) is 1. The molecular weight excluding hydrogens is 190 g/mol. The maximum atomic E-state index is 5.67. The average molecular weight is 213 g/mol. The molecule has 0 amide bonds. The van der Waals surface area contributed by atoms with E-state index in [2.05, 4.69) is 16.8 Å². The van der Waals surface area contributed by atoms with Gasteiger partial charge >= 0.3 is 0 Å². The monoisotopic (exact) mass is 213 g/mol. The SMILES string of the molecule is CN1CCN(CC2COC2)C(CCN)C1. The molecule has 2 fully saturated rings. The van der Waals surface area contributed by atoms with Gasteiger partial charge in [0.1, 0.15) is 0 Å². The van der Waals surface area contributed by atoms with Gasteiger partial charge in [-0.1, -0.05) is 0 Å². The fourth-order valence-corrected chi connectivity index (χ4v) is 2.48. The molecule has 2 N–H and O–H groups in total. The van der Waals surface area contributed by atoms with E-state index in [4.69, 9.17) is 10.5 Å². The third kappa shape index (κ3) is 2.91.